The van der Waals surface area contributed by atoms with Crippen molar-refractivity contribution in [2.24, 2.45) is 0 Å². The second-order valence-corrected chi connectivity index (χ2v) is 9.09. The van der Waals surface area contributed by atoms with Crippen LogP contribution in [0.15, 0.2) is 90.5 Å². The van der Waals surface area contributed by atoms with E-state index in [2.05, 4.69) is 0 Å². The maximum Gasteiger partial charge on any atom is 0.295 e. The molecule has 1 aliphatic rings. The number of amides is 1. The topological polar surface area (TPSA) is 87.1 Å². The minimum absolute atomic E-state index is 0.0440. The molecule has 0 aliphatic carbocycles. The second kappa shape index (κ2) is 10.4. The van der Waals surface area contributed by atoms with Crippen LogP contribution in [0.3, 0.4) is 0 Å². The predicted molar refractivity (Wildman–Crippen MR) is 142 cm³/mol. The Labute approximate surface area is 219 Å². The molecule has 1 aliphatic heterocycles. The highest BCUT2D eigenvalue weighted by Crippen LogP contribution is 2.42. The number of aromatic hydroxyl groups is 1. The second-order valence-electron chi connectivity index (χ2n) is 9.09. The molecule has 0 bridgehead atoms. The Morgan fingerprint density at radius 1 is 0.947 bits per heavy atom. The number of hydrogen-bond donors (Lipinski definition) is 2. The third kappa shape index (κ3) is 4.70. The highest BCUT2D eigenvalue weighted by atomic mass is 19.1. The number of phenolic OH excluding ortho intramolecular Hbond substituents is 1. The van der Waals surface area contributed by atoms with Crippen LogP contribution in [0.1, 0.15) is 29.7 Å². The molecule has 38 heavy (non-hydrogen) atoms. The van der Waals surface area contributed by atoms with Crippen molar-refractivity contribution in [2.75, 3.05) is 13.2 Å². The van der Waals surface area contributed by atoms with E-state index in [1.54, 1.807) is 43.3 Å². The van der Waals surface area contributed by atoms with E-state index < -0.39 is 17.7 Å². The van der Waals surface area contributed by atoms with Crippen LogP contribution >= 0.6 is 0 Å². The van der Waals surface area contributed by atoms with Gasteiger partial charge in [-0.1, -0.05) is 54.6 Å². The smallest absolute Gasteiger partial charge is 0.295 e. The van der Waals surface area contributed by atoms with Gasteiger partial charge in [0.2, 0.25) is 0 Å². The molecule has 1 amide bonds. The first kappa shape index (κ1) is 25.0. The molecule has 0 spiro atoms. The summed E-state index contributed by atoms with van der Waals surface area (Å²) in [7, 11) is 0. The van der Waals surface area contributed by atoms with Gasteiger partial charge in [0.05, 0.1) is 18.2 Å². The van der Waals surface area contributed by atoms with Crippen molar-refractivity contribution < 1.29 is 28.9 Å². The quantitative estimate of drug-likeness (QED) is 0.188. The van der Waals surface area contributed by atoms with Gasteiger partial charge in [-0.2, -0.15) is 0 Å². The number of halogens is 1. The third-order valence-electron chi connectivity index (χ3n) is 6.72. The lowest BCUT2D eigenvalue weighted by Gasteiger charge is -2.26. The van der Waals surface area contributed by atoms with Crippen molar-refractivity contribution in [3.63, 3.8) is 0 Å². The van der Waals surface area contributed by atoms with E-state index in [0.717, 1.165) is 16.3 Å². The van der Waals surface area contributed by atoms with Crippen LogP contribution in [0, 0.1) is 5.82 Å². The molecular formula is C31H26FNO5. The molecule has 4 aromatic rings. The lowest BCUT2D eigenvalue weighted by molar-refractivity contribution is -0.139. The summed E-state index contributed by atoms with van der Waals surface area (Å²) in [5.41, 5.74) is 1.67. The summed E-state index contributed by atoms with van der Waals surface area (Å²) in [6.45, 7) is 2.24. The molecule has 192 valence electrons. The van der Waals surface area contributed by atoms with Crippen LogP contribution in [-0.2, 0) is 16.0 Å². The lowest BCUT2D eigenvalue weighted by atomic mass is 9.94. The first-order valence-corrected chi connectivity index (χ1v) is 12.3. The van der Waals surface area contributed by atoms with E-state index in [0.29, 0.717) is 24.2 Å². The average molecular weight is 512 g/mol. The monoisotopic (exact) mass is 511 g/mol. The predicted octanol–water partition coefficient (Wildman–Crippen LogP) is 5.75. The van der Waals surface area contributed by atoms with Gasteiger partial charge in [-0.05, 0) is 65.6 Å². The number of hydrogen-bond acceptors (Lipinski definition) is 5. The Hall–Kier alpha value is -4.65. The SMILES string of the molecule is CCOc1cc(C2/C(=C(\O)c3ccc4ccccc4c3)C(=O)C(=O)N2CCc2ccc(F)cc2)ccc1O. The van der Waals surface area contributed by atoms with E-state index in [1.165, 1.54) is 23.1 Å². The molecule has 4 aromatic carbocycles. The fourth-order valence-corrected chi connectivity index (χ4v) is 4.82. The van der Waals surface area contributed by atoms with Crippen molar-refractivity contribution in [2.45, 2.75) is 19.4 Å². The summed E-state index contributed by atoms with van der Waals surface area (Å²) in [6, 6.07) is 22.6. The van der Waals surface area contributed by atoms with E-state index in [1.807, 2.05) is 30.3 Å². The largest absolute Gasteiger partial charge is 0.507 e. The number of phenols is 1. The number of Topliss-reactive ketones (excluding diaryl/α,β-unsaturated/α-hetero) is 1. The van der Waals surface area contributed by atoms with Gasteiger partial charge in [0.1, 0.15) is 11.6 Å². The van der Waals surface area contributed by atoms with Crippen LogP contribution < -0.4 is 4.74 Å². The van der Waals surface area contributed by atoms with Gasteiger partial charge >= 0.3 is 0 Å². The number of aliphatic hydroxyl groups excluding tert-OH is 1. The molecule has 6 nitrogen and oxygen atoms in total. The van der Waals surface area contributed by atoms with Gasteiger partial charge < -0.3 is 19.8 Å². The van der Waals surface area contributed by atoms with Gasteiger partial charge in [-0.25, -0.2) is 4.39 Å². The summed E-state index contributed by atoms with van der Waals surface area (Å²) in [5.74, 6) is -2.06. The number of fused-ring (bicyclic) bond motifs is 1. The number of carbonyl (C=O) groups excluding carboxylic acids is 2. The van der Waals surface area contributed by atoms with Crippen LogP contribution in [-0.4, -0.2) is 40.0 Å². The van der Waals surface area contributed by atoms with E-state index in [-0.39, 0.29) is 35.2 Å². The molecule has 5 rings (SSSR count). The summed E-state index contributed by atoms with van der Waals surface area (Å²) in [4.78, 5) is 28.1. The van der Waals surface area contributed by atoms with Crippen LogP contribution in [0.4, 0.5) is 4.39 Å². The molecule has 1 atom stereocenters. The van der Waals surface area contributed by atoms with Gasteiger partial charge in [-0.3, -0.25) is 9.59 Å². The summed E-state index contributed by atoms with van der Waals surface area (Å²) in [6.07, 6.45) is 0.371. The van der Waals surface area contributed by atoms with Gasteiger partial charge in [0.15, 0.2) is 11.5 Å². The highest BCUT2D eigenvalue weighted by Gasteiger charge is 2.46. The fraction of sp³-hybridized carbons (Fsp3) is 0.161. The Morgan fingerprint density at radius 3 is 2.42 bits per heavy atom. The normalized spacial score (nSPS) is 16.8. The molecular weight excluding hydrogens is 485 g/mol. The van der Waals surface area contributed by atoms with E-state index in [9.17, 15) is 24.2 Å². The van der Waals surface area contributed by atoms with Gasteiger partial charge in [0.25, 0.3) is 11.7 Å². The number of ether oxygens (including phenoxy) is 1. The number of benzene rings is 4. The number of carbonyl (C=O) groups is 2. The Morgan fingerprint density at radius 2 is 1.68 bits per heavy atom. The van der Waals surface area contributed by atoms with Gasteiger partial charge in [0, 0.05) is 12.1 Å². The molecule has 7 heteroatoms. The first-order valence-electron chi connectivity index (χ1n) is 12.3. The Kier molecular flexibility index (Phi) is 6.83. The number of nitrogens with zero attached hydrogens (tertiary/aromatic N) is 1. The average Bonchev–Trinajstić information content (AvgIpc) is 3.18. The molecule has 1 saturated heterocycles. The first-order chi connectivity index (χ1) is 18.4. The van der Waals surface area contributed by atoms with Crippen molar-refractivity contribution in [1.29, 1.82) is 0 Å². The van der Waals surface area contributed by atoms with Gasteiger partial charge in [-0.15, -0.1) is 0 Å². The van der Waals surface area contributed by atoms with E-state index in [4.69, 9.17) is 4.74 Å². The zero-order valence-electron chi connectivity index (χ0n) is 20.7. The van der Waals surface area contributed by atoms with Crippen molar-refractivity contribution >= 4 is 28.2 Å². The maximum atomic E-state index is 13.4. The third-order valence-corrected chi connectivity index (χ3v) is 6.72. The lowest BCUT2D eigenvalue weighted by Crippen LogP contribution is -2.31. The molecule has 1 heterocycles. The summed E-state index contributed by atoms with van der Waals surface area (Å²) < 4.78 is 18.9. The Balaban J connectivity index is 1.61. The number of rotatable bonds is 7. The molecule has 0 radical (unpaired) electrons. The Bertz CT molecular complexity index is 1560. The number of aliphatic hydroxyl groups is 1. The number of likely N-dealkylation sites (tertiary alicyclic amines) is 1. The minimum atomic E-state index is -0.915. The van der Waals surface area contributed by atoms with Crippen LogP contribution in [0.5, 0.6) is 11.5 Å². The van der Waals surface area contributed by atoms with E-state index >= 15 is 0 Å². The number of ketones is 1. The summed E-state index contributed by atoms with van der Waals surface area (Å²) >= 11 is 0. The standard InChI is InChI=1S/C31H26FNO5/c1-2-38-26-18-22(11-14-25(26)34)28-27(29(35)23-10-9-20-5-3-4-6-21(20)17-23)30(36)31(37)33(28)16-15-19-7-12-24(32)13-8-19/h3-14,17-18,28,34-35H,2,15-16H2,1H3/b29-27+. The molecule has 2 N–H and O–H groups in total. The molecule has 0 aromatic heterocycles. The van der Waals surface area contributed by atoms with Crippen LogP contribution in [0.25, 0.3) is 16.5 Å². The fourth-order valence-electron chi connectivity index (χ4n) is 4.82. The highest BCUT2D eigenvalue weighted by molar-refractivity contribution is 6.46. The molecule has 0 saturated carbocycles. The summed E-state index contributed by atoms with van der Waals surface area (Å²) in [5, 5.41) is 23.5. The molecule has 1 unspecified atom stereocenters. The maximum absolute atomic E-state index is 13.4. The van der Waals surface area contributed by atoms with Crippen molar-refractivity contribution in [3.8, 4) is 11.5 Å². The zero-order valence-corrected chi connectivity index (χ0v) is 20.7. The van der Waals surface area contributed by atoms with Crippen molar-refractivity contribution in [3.05, 3.63) is 113 Å². The van der Waals surface area contributed by atoms with Crippen molar-refractivity contribution in [1.82, 2.24) is 4.90 Å². The van der Waals surface area contributed by atoms with Crippen LogP contribution in [0.2, 0.25) is 0 Å². The zero-order chi connectivity index (χ0) is 26.8. The molecule has 1 fully saturated rings. The minimum Gasteiger partial charge on any atom is -0.507 e.